The number of benzene rings is 1. The molecule has 4 heteroatoms. The van der Waals surface area contributed by atoms with Gasteiger partial charge in [0.25, 0.3) is 5.91 Å². The van der Waals surface area contributed by atoms with Gasteiger partial charge in [-0.3, -0.25) is 10.2 Å². The maximum Gasteiger partial charge on any atom is 0.265 e. The van der Waals surface area contributed by atoms with Crippen molar-refractivity contribution in [3.05, 3.63) is 29.8 Å². The zero-order chi connectivity index (χ0) is 9.68. The number of thioether (sulfide) groups is 1. The average molecular weight is 196 g/mol. The Labute approximate surface area is 81.7 Å². The van der Waals surface area contributed by atoms with Crippen LogP contribution in [0, 0.1) is 0 Å². The maximum absolute atomic E-state index is 11.0. The van der Waals surface area contributed by atoms with Crippen molar-refractivity contribution in [2.24, 2.45) is 5.84 Å². The summed E-state index contributed by atoms with van der Waals surface area (Å²) in [5.41, 5.74) is 2.67. The summed E-state index contributed by atoms with van der Waals surface area (Å²) in [5.74, 6) is 5.77. The van der Waals surface area contributed by atoms with Crippen molar-refractivity contribution in [2.45, 2.75) is 11.8 Å². The number of hydrogen-bond donors (Lipinski definition) is 2. The largest absolute Gasteiger partial charge is 0.290 e. The highest BCUT2D eigenvalue weighted by molar-refractivity contribution is 7.99. The predicted molar refractivity (Wildman–Crippen MR) is 54.5 cm³/mol. The van der Waals surface area contributed by atoms with Crippen molar-refractivity contribution < 1.29 is 4.79 Å². The van der Waals surface area contributed by atoms with Gasteiger partial charge in [-0.15, -0.1) is 11.8 Å². The molecule has 13 heavy (non-hydrogen) atoms. The number of carbonyl (C=O) groups excluding carboxylic acids is 1. The third-order valence-corrected chi connectivity index (χ3v) is 2.45. The molecule has 0 unspecified atom stereocenters. The molecule has 1 rings (SSSR count). The van der Waals surface area contributed by atoms with Crippen molar-refractivity contribution >= 4 is 17.7 Å². The summed E-state index contributed by atoms with van der Waals surface area (Å²) >= 11 is 1.74. The first-order valence-corrected chi connectivity index (χ1v) is 5.00. The van der Waals surface area contributed by atoms with E-state index in [-0.39, 0.29) is 5.91 Å². The van der Waals surface area contributed by atoms with Gasteiger partial charge in [0, 0.05) is 10.5 Å². The van der Waals surface area contributed by atoms with Gasteiger partial charge < -0.3 is 0 Å². The highest BCUT2D eigenvalue weighted by atomic mass is 32.2. The van der Waals surface area contributed by atoms with Gasteiger partial charge in [-0.2, -0.15) is 0 Å². The highest BCUT2D eigenvalue weighted by Gasteiger charge is 2.01. The average Bonchev–Trinajstić information content (AvgIpc) is 2.18. The molecule has 0 saturated carbocycles. The molecule has 0 aliphatic rings. The monoisotopic (exact) mass is 196 g/mol. The van der Waals surface area contributed by atoms with Gasteiger partial charge in [-0.05, 0) is 30.0 Å². The van der Waals surface area contributed by atoms with Crippen LogP contribution in [0.1, 0.15) is 17.3 Å². The van der Waals surface area contributed by atoms with Crippen LogP contribution in [0.5, 0.6) is 0 Å². The van der Waals surface area contributed by atoms with Gasteiger partial charge in [0.1, 0.15) is 0 Å². The van der Waals surface area contributed by atoms with E-state index in [0.717, 1.165) is 10.6 Å². The number of hydrogen-bond acceptors (Lipinski definition) is 3. The van der Waals surface area contributed by atoms with E-state index in [1.165, 1.54) is 0 Å². The summed E-state index contributed by atoms with van der Waals surface area (Å²) in [7, 11) is 0. The molecule has 3 N–H and O–H groups in total. The summed E-state index contributed by atoms with van der Waals surface area (Å²) < 4.78 is 0. The molecule has 0 bridgehead atoms. The Morgan fingerprint density at radius 2 is 2.08 bits per heavy atom. The Morgan fingerprint density at radius 1 is 1.46 bits per heavy atom. The van der Waals surface area contributed by atoms with Crippen LogP contribution in [0.2, 0.25) is 0 Å². The second-order valence-corrected chi connectivity index (χ2v) is 3.77. The number of carbonyl (C=O) groups is 1. The molecule has 0 fully saturated rings. The molecule has 0 aromatic heterocycles. The minimum Gasteiger partial charge on any atom is -0.290 e. The highest BCUT2D eigenvalue weighted by Crippen LogP contribution is 2.17. The molecule has 0 heterocycles. The van der Waals surface area contributed by atoms with Crippen LogP contribution in [-0.2, 0) is 0 Å². The Morgan fingerprint density at radius 3 is 2.54 bits per heavy atom. The topological polar surface area (TPSA) is 55.1 Å². The smallest absolute Gasteiger partial charge is 0.265 e. The normalized spacial score (nSPS) is 9.69. The number of amides is 1. The molecule has 1 aromatic rings. The maximum atomic E-state index is 11.0. The fourth-order valence-corrected chi connectivity index (χ4v) is 1.61. The van der Waals surface area contributed by atoms with Crippen LogP contribution in [0.4, 0.5) is 0 Å². The van der Waals surface area contributed by atoms with E-state index in [9.17, 15) is 4.79 Å². The summed E-state index contributed by atoms with van der Waals surface area (Å²) in [6.45, 7) is 2.09. The lowest BCUT2D eigenvalue weighted by Crippen LogP contribution is -2.29. The lowest BCUT2D eigenvalue weighted by molar-refractivity contribution is 0.0953. The molecule has 0 aliphatic heterocycles. The van der Waals surface area contributed by atoms with E-state index in [0.29, 0.717) is 5.56 Å². The van der Waals surface area contributed by atoms with Crippen LogP contribution in [0.3, 0.4) is 0 Å². The van der Waals surface area contributed by atoms with Gasteiger partial charge in [-0.1, -0.05) is 6.92 Å². The molecular formula is C9H12N2OS. The number of hydrazine groups is 1. The first-order valence-electron chi connectivity index (χ1n) is 4.01. The van der Waals surface area contributed by atoms with Crippen LogP contribution in [0.15, 0.2) is 29.2 Å². The Kier molecular flexibility index (Phi) is 3.79. The number of rotatable bonds is 3. The Hall–Kier alpha value is -1.00. The molecule has 1 amide bonds. The first kappa shape index (κ1) is 10.1. The number of nitrogens with one attached hydrogen (secondary N) is 1. The van der Waals surface area contributed by atoms with Gasteiger partial charge in [0.05, 0.1) is 0 Å². The molecule has 70 valence electrons. The van der Waals surface area contributed by atoms with Gasteiger partial charge in [-0.25, -0.2) is 5.84 Å². The fourth-order valence-electron chi connectivity index (χ4n) is 0.953. The molecular weight excluding hydrogens is 184 g/mol. The van der Waals surface area contributed by atoms with E-state index >= 15 is 0 Å². The molecule has 1 aromatic carbocycles. The number of nitrogen functional groups attached to an aromatic ring is 1. The van der Waals surface area contributed by atoms with Crippen LogP contribution in [0.25, 0.3) is 0 Å². The van der Waals surface area contributed by atoms with Gasteiger partial charge >= 0.3 is 0 Å². The second kappa shape index (κ2) is 4.89. The first-order chi connectivity index (χ1) is 6.27. The van der Waals surface area contributed by atoms with Crippen LogP contribution < -0.4 is 11.3 Å². The van der Waals surface area contributed by atoms with E-state index in [4.69, 9.17) is 5.84 Å². The van der Waals surface area contributed by atoms with Crippen molar-refractivity contribution in [3.8, 4) is 0 Å². The SMILES string of the molecule is CCSc1ccc(C(=O)NN)cc1. The molecule has 0 radical (unpaired) electrons. The molecule has 0 atom stereocenters. The summed E-state index contributed by atoms with van der Waals surface area (Å²) in [5, 5.41) is 0. The molecule has 3 nitrogen and oxygen atoms in total. The Bertz CT molecular complexity index is 284. The third-order valence-electron chi connectivity index (χ3n) is 1.56. The molecule has 0 saturated heterocycles. The van der Waals surface area contributed by atoms with E-state index in [1.807, 2.05) is 12.1 Å². The summed E-state index contributed by atoms with van der Waals surface area (Å²) in [6, 6.07) is 7.36. The lowest BCUT2D eigenvalue weighted by Gasteiger charge is -2.01. The third kappa shape index (κ3) is 2.75. The zero-order valence-electron chi connectivity index (χ0n) is 7.41. The zero-order valence-corrected chi connectivity index (χ0v) is 8.23. The Balaban J connectivity index is 2.75. The van der Waals surface area contributed by atoms with Crippen LogP contribution in [-0.4, -0.2) is 11.7 Å². The molecule has 0 aliphatic carbocycles. The van der Waals surface area contributed by atoms with E-state index in [2.05, 4.69) is 12.3 Å². The fraction of sp³-hybridized carbons (Fsp3) is 0.222. The second-order valence-electron chi connectivity index (χ2n) is 2.43. The van der Waals surface area contributed by atoms with E-state index in [1.54, 1.807) is 23.9 Å². The van der Waals surface area contributed by atoms with Gasteiger partial charge in [0.2, 0.25) is 0 Å². The number of nitrogens with two attached hydrogens (primary N) is 1. The van der Waals surface area contributed by atoms with Crippen molar-refractivity contribution in [3.63, 3.8) is 0 Å². The molecule has 0 spiro atoms. The quantitative estimate of drug-likeness (QED) is 0.332. The minimum absolute atomic E-state index is 0.256. The lowest BCUT2D eigenvalue weighted by atomic mass is 10.2. The summed E-state index contributed by atoms with van der Waals surface area (Å²) in [6.07, 6.45) is 0. The predicted octanol–water partition coefficient (Wildman–Crippen LogP) is 1.40. The van der Waals surface area contributed by atoms with Crippen molar-refractivity contribution in [1.82, 2.24) is 5.43 Å². The van der Waals surface area contributed by atoms with Gasteiger partial charge in [0.15, 0.2) is 0 Å². The van der Waals surface area contributed by atoms with E-state index < -0.39 is 0 Å². The van der Waals surface area contributed by atoms with Crippen molar-refractivity contribution in [2.75, 3.05) is 5.75 Å². The van der Waals surface area contributed by atoms with Crippen molar-refractivity contribution in [1.29, 1.82) is 0 Å². The summed E-state index contributed by atoms with van der Waals surface area (Å²) in [4.78, 5) is 12.2. The minimum atomic E-state index is -0.256. The standard InChI is InChI=1S/C9H12N2OS/c1-2-13-8-5-3-7(4-6-8)9(12)11-10/h3-6H,2,10H2,1H3,(H,11,12). The van der Waals surface area contributed by atoms with Crippen LogP contribution >= 0.6 is 11.8 Å².